The highest BCUT2D eigenvalue weighted by Gasteiger charge is 2.75. The third-order valence-electron chi connectivity index (χ3n) is 18.4. The number of hydrogen-bond acceptors (Lipinski definition) is 12. The first-order chi connectivity index (χ1) is 32.8. The van der Waals surface area contributed by atoms with E-state index in [4.69, 9.17) is 18.9 Å². The molecule has 8 atom stereocenters. The number of fused-ring (bicyclic) bond motifs is 1. The summed E-state index contributed by atoms with van der Waals surface area (Å²) >= 11 is 0. The van der Waals surface area contributed by atoms with Crippen LogP contribution in [0, 0.1) is 23.5 Å². The molecule has 4 aliphatic heterocycles. The lowest BCUT2D eigenvalue weighted by Crippen LogP contribution is -2.76. The van der Waals surface area contributed by atoms with Gasteiger partial charge in [-0.25, -0.2) is 8.78 Å². The maximum Gasteiger partial charge on any atom is 0.315 e. The third-order valence-corrected chi connectivity index (χ3v) is 18.4. The molecule has 4 aromatic rings. The average Bonchev–Trinajstić information content (AvgIpc) is 4.25. The predicted octanol–water partition coefficient (Wildman–Crippen LogP) is 5.68. The minimum Gasteiger partial charge on any atom is -0.477 e. The Bertz CT molecular complexity index is 2770. The van der Waals surface area contributed by atoms with Gasteiger partial charge in [-0.15, -0.1) is 0 Å². The fraction of sp³-hybridized carbons (Fsp3) is 0.519. The van der Waals surface area contributed by atoms with E-state index in [0.717, 1.165) is 48.4 Å². The van der Waals surface area contributed by atoms with Crippen LogP contribution >= 0.6 is 0 Å². The number of aliphatic hydroxyl groups is 2. The van der Waals surface area contributed by atoms with Crippen molar-refractivity contribution in [2.45, 2.75) is 136 Å². The molecule has 68 heavy (non-hydrogen) atoms. The number of esters is 2. The SMILES string of the molecule is O=C(Cc1ccc2c(F)c(CC(=O)Oc3ccc4c5c3O[C@H]3C(=O)CC[C@@]6(O)[C@@H](C4)N(CC4CC4)CC[C@]536)ccc2c1F)Oc1ccc2c3c1O[C@H]1C(=O)CC[C@@]4(O)[C@@H](C2)N(CC2CC2)CC[C@]314. The standard InChI is InChI=1S/C54H52F2N2O10/c55-45-31(23-41(61)65-37-11-7-29-21-39-53(63)15-13-35(59)49-51(53,43(29)47(37)67-49)17-19-57(39)25-27-1-2-27)5-9-34-33(45)10-6-32(46(34)56)24-42(62)66-38-12-8-30-22-40-54(64)16-14-36(60)50-52(54,44(30)48(38)68-50)18-20-58(40)26-28-3-4-28/h5-12,27-28,39-40,49-50,63-64H,1-4,13-26H2/t39-,40-,49+,50+,51+,52+,53-,54-/m1/s1. The van der Waals surface area contributed by atoms with Gasteiger partial charge in [0.15, 0.2) is 46.8 Å². The summed E-state index contributed by atoms with van der Waals surface area (Å²) in [6.45, 7) is 3.33. The normalized spacial score (nSPS) is 33.7. The zero-order valence-corrected chi connectivity index (χ0v) is 37.6. The number of carbonyl (C=O) groups is 4. The van der Waals surface area contributed by atoms with E-state index in [9.17, 15) is 29.4 Å². The minimum atomic E-state index is -1.18. The molecule has 2 N–H and O–H groups in total. The summed E-state index contributed by atoms with van der Waals surface area (Å²) in [6, 6.07) is 12.2. The highest BCUT2D eigenvalue weighted by Crippen LogP contribution is 2.67. The van der Waals surface area contributed by atoms with Crippen LogP contribution < -0.4 is 18.9 Å². The Labute approximate surface area is 390 Å². The van der Waals surface area contributed by atoms with Gasteiger partial charge in [0.05, 0.1) is 34.9 Å². The van der Waals surface area contributed by atoms with Crippen molar-refractivity contribution < 1.29 is 57.1 Å². The number of piperidine rings is 2. The Hall–Kier alpha value is -5.28. The molecule has 4 heterocycles. The molecule has 14 heteroatoms. The van der Waals surface area contributed by atoms with Crippen molar-refractivity contribution in [3.63, 3.8) is 0 Å². The second kappa shape index (κ2) is 14.2. The molecule has 14 rings (SSSR count). The number of hydrogen-bond donors (Lipinski definition) is 2. The van der Waals surface area contributed by atoms with Gasteiger partial charge in [-0.1, -0.05) is 36.4 Å². The molecule has 0 aromatic heterocycles. The molecule has 0 radical (unpaired) electrons. The van der Waals surface area contributed by atoms with Crippen LogP contribution in [0.4, 0.5) is 8.78 Å². The van der Waals surface area contributed by atoms with E-state index in [1.54, 1.807) is 12.1 Å². The Kier molecular flexibility index (Phi) is 8.68. The summed E-state index contributed by atoms with van der Waals surface area (Å²) in [7, 11) is 0. The first kappa shape index (κ1) is 41.7. The molecule has 4 aromatic carbocycles. The monoisotopic (exact) mass is 926 g/mol. The molecule has 2 saturated heterocycles. The zero-order valence-electron chi connectivity index (χ0n) is 37.6. The number of benzene rings is 4. The van der Waals surface area contributed by atoms with E-state index in [0.29, 0.717) is 50.4 Å². The van der Waals surface area contributed by atoms with Crippen LogP contribution in [0.2, 0.25) is 0 Å². The Morgan fingerprint density at radius 2 is 1.04 bits per heavy atom. The molecule has 4 saturated carbocycles. The number of halogens is 2. The summed E-state index contributed by atoms with van der Waals surface area (Å²) < 4.78 is 57.1. The van der Waals surface area contributed by atoms with Gasteiger partial charge in [0.1, 0.15) is 11.6 Å². The van der Waals surface area contributed by atoms with E-state index in [1.165, 1.54) is 49.9 Å². The lowest BCUT2D eigenvalue weighted by Gasteiger charge is -2.62. The van der Waals surface area contributed by atoms with Gasteiger partial charge < -0.3 is 29.2 Å². The molecular weight excluding hydrogens is 875 g/mol. The third kappa shape index (κ3) is 5.48. The highest BCUT2D eigenvalue weighted by atomic mass is 19.1. The summed E-state index contributed by atoms with van der Waals surface area (Å²) in [5, 5.41) is 25.0. The van der Waals surface area contributed by atoms with Gasteiger partial charge in [0.2, 0.25) is 0 Å². The second-order valence-electron chi connectivity index (χ2n) is 21.9. The van der Waals surface area contributed by atoms with Crippen LogP contribution in [0.25, 0.3) is 10.8 Å². The summed E-state index contributed by atoms with van der Waals surface area (Å²) in [5.41, 5.74) is -0.854. The quantitative estimate of drug-likeness (QED) is 0.149. The van der Waals surface area contributed by atoms with Crippen molar-refractivity contribution in [3.8, 4) is 23.0 Å². The Balaban J connectivity index is 0.696. The van der Waals surface area contributed by atoms with Gasteiger partial charge >= 0.3 is 11.9 Å². The van der Waals surface area contributed by atoms with Crippen LogP contribution in [0.1, 0.15) is 97.6 Å². The molecule has 6 fully saturated rings. The van der Waals surface area contributed by atoms with Gasteiger partial charge in [-0.3, -0.25) is 29.0 Å². The lowest BCUT2D eigenvalue weighted by atomic mass is 9.49. The number of Topliss-reactive ketones (excluding diaryl/α,β-unsaturated/α-hetero) is 2. The molecule has 352 valence electrons. The van der Waals surface area contributed by atoms with Gasteiger partial charge in [-0.2, -0.15) is 0 Å². The van der Waals surface area contributed by atoms with Crippen LogP contribution in [-0.2, 0) is 55.7 Å². The van der Waals surface area contributed by atoms with Gasteiger partial charge in [-0.05, 0) is 124 Å². The maximum atomic E-state index is 16.2. The number of carbonyl (C=O) groups excluding carboxylic acids is 4. The van der Waals surface area contributed by atoms with Crippen molar-refractivity contribution in [1.82, 2.24) is 9.80 Å². The number of rotatable bonds is 10. The van der Waals surface area contributed by atoms with E-state index >= 15 is 8.78 Å². The summed E-state index contributed by atoms with van der Waals surface area (Å²) in [4.78, 5) is 59.1. The number of likely N-dealkylation sites (tertiary alicyclic amines) is 2. The largest absolute Gasteiger partial charge is 0.477 e. The molecular formula is C54H52F2N2O10. The molecule has 0 amide bonds. The first-order valence-corrected chi connectivity index (χ1v) is 24.8. The minimum absolute atomic E-state index is 0.0252. The highest BCUT2D eigenvalue weighted by molar-refractivity contribution is 5.92. The van der Waals surface area contributed by atoms with Crippen molar-refractivity contribution in [2.24, 2.45) is 11.8 Å². The molecule has 2 spiro atoms. The predicted molar refractivity (Wildman–Crippen MR) is 239 cm³/mol. The van der Waals surface area contributed by atoms with Crippen LogP contribution in [0.5, 0.6) is 23.0 Å². The first-order valence-electron chi connectivity index (χ1n) is 24.8. The van der Waals surface area contributed by atoms with E-state index in [1.807, 2.05) is 12.1 Å². The second-order valence-corrected chi connectivity index (χ2v) is 21.9. The number of ketones is 2. The van der Waals surface area contributed by atoms with Crippen LogP contribution in [-0.4, -0.2) is 105 Å². The maximum absolute atomic E-state index is 16.2. The van der Waals surface area contributed by atoms with Crippen molar-refractivity contribution >= 4 is 34.3 Å². The average molecular weight is 927 g/mol. The smallest absolute Gasteiger partial charge is 0.315 e. The van der Waals surface area contributed by atoms with Crippen molar-refractivity contribution in [1.29, 1.82) is 0 Å². The van der Waals surface area contributed by atoms with Crippen LogP contribution in [0.3, 0.4) is 0 Å². The van der Waals surface area contributed by atoms with Crippen molar-refractivity contribution in [3.05, 3.63) is 93.5 Å². The van der Waals surface area contributed by atoms with E-state index in [-0.39, 0.29) is 81.4 Å². The molecule has 4 bridgehead atoms. The lowest BCUT2D eigenvalue weighted by molar-refractivity contribution is -0.188. The molecule has 0 unspecified atom stereocenters. The Morgan fingerprint density at radius 3 is 1.46 bits per heavy atom. The summed E-state index contributed by atoms with van der Waals surface area (Å²) in [5.74, 6) is -1.28. The Morgan fingerprint density at radius 1 is 0.618 bits per heavy atom. The number of ether oxygens (including phenoxy) is 4. The fourth-order valence-electron chi connectivity index (χ4n) is 15.0. The van der Waals surface area contributed by atoms with Gasteiger partial charge in [0.25, 0.3) is 0 Å². The van der Waals surface area contributed by atoms with Gasteiger partial charge in [0, 0.05) is 59.9 Å². The van der Waals surface area contributed by atoms with E-state index in [2.05, 4.69) is 9.80 Å². The van der Waals surface area contributed by atoms with Crippen LogP contribution in [0.15, 0.2) is 48.5 Å². The van der Waals surface area contributed by atoms with Crippen molar-refractivity contribution in [2.75, 3.05) is 26.2 Å². The number of nitrogens with zero attached hydrogens (tertiary/aromatic N) is 2. The van der Waals surface area contributed by atoms with E-state index < -0.39 is 70.7 Å². The molecule has 6 aliphatic carbocycles. The fourth-order valence-corrected chi connectivity index (χ4v) is 15.0. The zero-order chi connectivity index (χ0) is 46.2. The molecule has 12 nitrogen and oxygen atoms in total. The summed E-state index contributed by atoms with van der Waals surface area (Å²) in [6.07, 6.45) is 5.38. The topological polar surface area (TPSA) is 152 Å². The molecule has 10 aliphatic rings.